The van der Waals surface area contributed by atoms with Gasteiger partial charge in [-0.05, 0) is 54.9 Å². The molecule has 3 heteroatoms. The first-order chi connectivity index (χ1) is 12.8. The van der Waals surface area contributed by atoms with E-state index in [2.05, 4.69) is 57.3 Å². The number of hydrogen-bond donors (Lipinski definition) is 1. The van der Waals surface area contributed by atoms with Crippen molar-refractivity contribution in [2.75, 3.05) is 0 Å². The fourth-order valence-corrected chi connectivity index (χ4v) is 3.19. The van der Waals surface area contributed by atoms with Crippen molar-refractivity contribution in [1.29, 1.82) is 0 Å². The minimum atomic E-state index is -0.553. The zero-order chi connectivity index (χ0) is 20.0. The summed E-state index contributed by atoms with van der Waals surface area (Å²) in [5.74, 6) is 1.54. The number of rotatable bonds is 8. The second-order valence-electron chi connectivity index (χ2n) is 8.06. The topological polar surface area (TPSA) is 38.3 Å². The van der Waals surface area contributed by atoms with Crippen molar-refractivity contribution in [1.82, 2.24) is 5.32 Å². The molecular formula is C24H33NO2. The maximum Gasteiger partial charge on any atom is 0.261 e. The molecule has 0 aliphatic rings. The molecule has 0 radical (unpaired) electrons. The van der Waals surface area contributed by atoms with Gasteiger partial charge in [0.25, 0.3) is 5.91 Å². The summed E-state index contributed by atoms with van der Waals surface area (Å²) >= 11 is 0. The van der Waals surface area contributed by atoms with Crippen LogP contribution in [0.3, 0.4) is 0 Å². The normalized spacial score (nSPS) is 13.5. The largest absolute Gasteiger partial charge is 0.481 e. The van der Waals surface area contributed by atoms with Crippen molar-refractivity contribution in [3.63, 3.8) is 0 Å². The van der Waals surface area contributed by atoms with Gasteiger partial charge in [0.1, 0.15) is 5.75 Å². The Labute approximate surface area is 164 Å². The van der Waals surface area contributed by atoms with Crippen LogP contribution < -0.4 is 10.1 Å². The zero-order valence-electron chi connectivity index (χ0n) is 17.5. The third-order valence-electron chi connectivity index (χ3n) is 4.69. The molecule has 3 nitrogen and oxygen atoms in total. The summed E-state index contributed by atoms with van der Waals surface area (Å²) in [5, 5.41) is 3.18. The van der Waals surface area contributed by atoms with Crippen molar-refractivity contribution in [2.45, 2.75) is 66.0 Å². The standard InChI is InChI=1S/C24H33NO2/c1-16(2)14-22(20-10-8-7-9-11-20)25-24(26)19(6)27-23-15-18(5)12-13-21(23)17(3)4/h7-13,15-17,19,22H,14H2,1-6H3,(H,25,26)/t19-,22-/m0/s1. The van der Waals surface area contributed by atoms with E-state index < -0.39 is 6.10 Å². The summed E-state index contributed by atoms with van der Waals surface area (Å²) in [5.41, 5.74) is 3.39. The highest BCUT2D eigenvalue weighted by Crippen LogP contribution is 2.28. The van der Waals surface area contributed by atoms with E-state index in [9.17, 15) is 4.79 Å². The van der Waals surface area contributed by atoms with Gasteiger partial charge in [0.15, 0.2) is 6.10 Å². The van der Waals surface area contributed by atoms with Crippen molar-refractivity contribution in [2.24, 2.45) is 5.92 Å². The summed E-state index contributed by atoms with van der Waals surface area (Å²) in [7, 11) is 0. The summed E-state index contributed by atoms with van der Waals surface area (Å²) in [4.78, 5) is 12.8. The highest BCUT2D eigenvalue weighted by atomic mass is 16.5. The maximum atomic E-state index is 12.8. The minimum Gasteiger partial charge on any atom is -0.481 e. The first-order valence-electron chi connectivity index (χ1n) is 9.90. The Bertz CT molecular complexity index is 737. The quantitative estimate of drug-likeness (QED) is 0.641. The van der Waals surface area contributed by atoms with Gasteiger partial charge in [-0.2, -0.15) is 0 Å². The number of hydrogen-bond acceptors (Lipinski definition) is 2. The highest BCUT2D eigenvalue weighted by molar-refractivity contribution is 5.81. The van der Waals surface area contributed by atoms with Crippen LogP contribution in [0.25, 0.3) is 0 Å². The monoisotopic (exact) mass is 367 g/mol. The van der Waals surface area contributed by atoms with E-state index in [4.69, 9.17) is 4.74 Å². The molecule has 2 atom stereocenters. The van der Waals surface area contributed by atoms with Gasteiger partial charge < -0.3 is 10.1 Å². The molecule has 2 rings (SSSR count). The lowest BCUT2D eigenvalue weighted by molar-refractivity contribution is -0.128. The molecule has 0 heterocycles. The lowest BCUT2D eigenvalue weighted by Gasteiger charge is -2.24. The molecule has 0 aliphatic carbocycles. The van der Waals surface area contributed by atoms with E-state index in [0.717, 1.165) is 28.9 Å². The van der Waals surface area contributed by atoms with E-state index in [1.807, 2.05) is 38.1 Å². The van der Waals surface area contributed by atoms with Crippen molar-refractivity contribution in [3.05, 3.63) is 65.2 Å². The highest BCUT2D eigenvalue weighted by Gasteiger charge is 2.22. The number of aryl methyl sites for hydroxylation is 1. The van der Waals surface area contributed by atoms with E-state index in [-0.39, 0.29) is 11.9 Å². The average molecular weight is 368 g/mol. The van der Waals surface area contributed by atoms with Crippen molar-refractivity contribution in [3.8, 4) is 5.75 Å². The fourth-order valence-electron chi connectivity index (χ4n) is 3.19. The molecule has 2 aromatic rings. The first kappa shape index (κ1) is 21.0. The lowest BCUT2D eigenvalue weighted by Crippen LogP contribution is -2.39. The van der Waals surface area contributed by atoms with Crippen LogP contribution in [-0.4, -0.2) is 12.0 Å². The van der Waals surface area contributed by atoms with Crippen LogP contribution >= 0.6 is 0 Å². The van der Waals surface area contributed by atoms with E-state index >= 15 is 0 Å². The Kier molecular flexibility index (Phi) is 7.46. The average Bonchev–Trinajstić information content (AvgIpc) is 2.61. The Balaban J connectivity index is 2.13. The molecule has 0 saturated carbocycles. The van der Waals surface area contributed by atoms with Crippen molar-refractivity contribution < 1.29 is 9.53 Å². The van der Waals surface area contributed by atoms with Gasteiger partial charge in [0, 0.05) is 0 Å². The van der Waals surface area contributed by atoms with Gasteiger partial charge in [-0.3, -0.25) is 4.79 Å². The fraction of sp³-hybridized carbons (Fsp3) is 0.458. The van der Waals surface area contributed by atoms with Gasteiger partial charge in [0.05, 0.1) is 6.04 Å². The van der Waals surface area contributed by atoms with Crippen molar-refractivity contribution >= 4 is 5.91 Å². The molecule has 0 bridgehead atoms. The predicted molar refractivity (Wildman–Crippen MR) is 112 cm³/mol. The van der Waals surface area contributed by atoms with Crippen LogP contribution in [0.2, 0.25) is 0 Å². The molecule has 0 unspecified atom stereocenters. The number of amides is 1. The number of ether oxygens (including phenoxy) is 1. The SMILES string of the molecule is Cc1ccc(C(C)C)c(O[C@@H](C)C(=O)N[C@@H](CC(C)C)c2ccccc2)c1. The number of carbonyl (C=O) groups excluding carboxylic acids is 1. The Morgan fingerprint density at radius 1 is 1.00 bits per heavy atom. The van der Waals surface area contributed by atoms with Gasteiger partial charge in [-0.1, -0.05) is 70.2 Å². The maximum absolute atomic E-state index is 12.8. The van der Waals surface area contributed by atoms with Gasteiger partial charge >= 0.3 is 0 Å². The third-order valence-corrected chi connectivity index (χ3v) is 4.69. The van der Waals surface area contributed by atoms with Gasteiger partial charge in [-0.15, -0.1) is 0 Å². The summed E-state index contributed by atoms with van der Waals surface area (Å²) in [6.07, 6.45) is 0.340. The summed E-state index contributed by atoms with van der Waals surface area (Å²) in [6, 6.07) is 16.3. The molecule has 0 spiro atoms. The molecule has 0 fully saturated rings. The van der Waals surface area contributed by atoms with Crippen LogP contribution in [-0.2, 0) is 4.79 Å². The number of carbonyl (C=O) groups is 1. The molecule has 27 heavy (non-hydrogen) atoms. The Morgan fingerprint density at radius 3 is 2.26 bits per heavy atom. The van der Waals surface area contributed by atoms with Crippen LogP contribution in [0.15, 0.2) is 48.5 Å². The van der Waals surface area contributed by atoms with Gasteiger partial charge in [0.2, 0.25) is 0 Å². The molecular weight excluding hydrogens is 334 g/mol. The molecule has 146 valence electrons. The van der Waals surface area contributed by atoms with Gasteiger partial charge in [-0.25, -0.2) is 0 Å². The third kappa shape index (κ3) is 6.13. The lowest BCUT2D eigenvalue weighted by atomic mass is 9.97. The first-order valence-corrected chi connectivity index (χ1v) is 9.90. The molecule has 0 saturated heterocycles. The molecule has 0 aliphatic heterocycles. The van der Waals surface area contributed by atoms with E-state index in [1.54, 1.807) is 0 Å². The Morgan fingerprint density at radius 2 is 1.67 bits per heavy atom. The smallest absolute Gasteiger partial charge is 0.261 e. The summed E-state index contributed by atoms with van der Waals surface area (Å²) < 4.78 is 6.08. The number of nitrogens with one attached hydrogen (secondary N) is 1. The predicted octanol–water partition coefficient (Wildman–Crippen LogP) is 5.79. The van der Waals surface area contributed by atoms with Crippen LogP contribution in [0, 0.1) is 12.8 Å². The van der Waals surface area contributed by atoms with E-state index in [1.165, 1.54) is 0 Å². The molecule has 2 aromatic carbocycles. The second-order valence-corrected chi connectivity index (χ2v) is 8.06. The van der Waals surface area contributed by atoms with Crippen LogP contribution in [0.4, 0.5) is 0 Å². The van der Waals surface area contributed by atoms with Crippen LogP contribution in [0.5, 0.6) is 5.75 Å². The zero-order valence-corrected chi connectivity index (χ0v) is 17.5. The second kappa shape index (κ2) is 9.59. The van der Waals surface area contributed by atoms with E-state index in [0.29, 0.717) is 11.8 Å². The molecule has 0 aromatic heterocycles. The van der Waals surface area contributed by atoms with Crippen LogP contribution in [0.1, 0.15) is 69.7 Å². The summed E-state index contributed by atoms with van der Waals surface area (Å²) in [6.45, 7) is 12.5. The minimum absolute atomic E-state index is 0.00757. The molecule has 1 N–H and O–H groups in total. The molecule has 1 amide bonds. The Hall–Kier alpha value is -2.29. The number of benzene rings is 2.